The molecule has 124 valence electrons. The van der Waals surface area contributed by atoms with Crippen LogP contribution in [0.15, 0.2) is 24.3 Å². The van der Waals surface area contributed by atoms with Crippen molar-refractivity contribution in [1.29, 1.82) is 0 Å². The molecule has 0 heterocycles. The molecule has 0 aliphatic carbocycles. The Bertz CT molecular complexity index is 473. The van der Waals surface area contributed by atoms with Crippen LogP contribution in [0.2, 0.25) is 0 Å². The van der Waals surface area contributed by atoms with Crippen LogP contribution in [-0.4, -0.2) is 30.4 Å². The Hall–Kier alpha value is -1.75. The van der Waals surface area contributed by atoms with Crippen LogP contribution in [0, 0.1) is 5.41 Å². The van der Waals surface area contributed by atoms with Crippen LogP contribution in [0.1, 0.15) is 39.7 Å². The van der Waals surface area contributed by atoms with Gasteiger partial charge in [0, 0.05) is 18.7 Å². The first-order valence-electron chi connectivity index (χ1n) is 7.74. The summed E-state index contributed by atoms with van der Waals surface area (Å²) < 4.78 is 5.53. The number of urea groups is 1. The van der Waals surface area contributed by atoms with E-state index >= 15 is 0 Å². The van der Waals surface area contributed by atoms with Crippen LogP contribution < -0.4 is 15.4 Å². The number of ether oxygens (including phenoxy) is 1. The maximum atomic E-state index is 11.9. The van der Waals surface area contributed by atoms with Crippen LogP contribution in [0.25, 0.3) is 0 Å². The van der Waals surface area contributed by atoms with E-state index < -0.39 is 0 Å². The van der Waals surface area contributed by atoms with Gasteiger partial charge in [-0.15, -0.1) is 0 Å². The summed E-state index contributed by atoms with van der Waals surface area (Å²) in [6.45, 7) is 9.24. The van der Waals surface area contributed by atoms with Crippen molar-refractivity contribution in [3.8, 4) is 5.75 Å². The molecule has 0 radical (unpaired) electrons. The molecule has 1 unspecified atom stereocenters. The molecule has 0 aliphatic heterocycles. The molecule has 0 aromatic heterocycles. The van der Waals surface area contributed by atoms with Crippen molar-refractivity contribution in [1.82, 2.24) is 10.6 Å². The number of nitrogens with one attached hydrogen (secondary N) is 2. The fraction of sp³-hybridized carbons (Fsp3) is 0.588. The van der Waals surface area contributed by atoms with E-state index in [2.05, 4.69) is 10.6 Å². The minimum atomic E-state index is -0.377. The summed E-state index contributed by atoms with van der Waals surface area (Å²) in [5.74, 6) is 0.791. The van der Waals surface area contributed by atoms with Gasteiger partial charge in [-0.1, -0.05) is 32.0 Å². The molecule has 0 fully saturated rings. The molecule has 22 heavy (non-hydrogen) atoms. The van der Waals surface area contributed by atoms with Gasteiger partial charge in [0.2, 0.25) is 0 Å². The summed E-state index contributed by atoms with van der Waals surface area (Å²) in [6.07, 6.45) is 0.262. The number of carbonyl (C=O) groups is 1. The van der Waals surface area contributed by atoms with Crippen molar-refractivity contribution in [2.24, 2.45) is 5.41 Å². The van der Waals surface area contributed by atoms with Crippen molar-refractivity contribution in [3.05, 3.63) is 29.8 Å². The van der Waals surface area contributed by atoms with Gasteiger partial charge in [0.25, 0.3) is 0 Å². The first kappa shape index (κ1) is 18.3. The minimum absolute atomic E-state index is 0.144. The number of benzene rings is 1. The van der Waals surface area contributed by atoms with E-state index in [1.165, 1.54) is 0 Å². The van der Waals surface area contributed by atoms with Crippen molar-refractivity contribution < 1.29 is 14.6 Å². The fourth-order valence-corrected chi connectivity index (χ4v) is 2.38. The number of amides is 2. The zero-order valence-electron chi connectivity index (χ0n) is 14.0. The molecule has 3 N–H and O–H groups in total. The number of hydrogen-bond donors (Lipinski definition) is 3. The highest BCUT2D eigenvalue weighted by Crippen LogP contribution is 2.21. The molecule has 0 saturated heterocycles. The molecular weight excluding hydrogens is 280 g/mol. The van der Waals surface area contributed by atoms with E-state index in [1.807, 2.05) is 45.0 Å². The third-order valence-corrected chi connectivity index (χ3v) is 3.29. The molecule has 0 saturated carbocycles. The molecule has 1 aromatic carbocycles. The third-order valence-electron chi connectivity index (χ3n) is 3.29. The van der Waals surface area contributed by atoms with E-state index in [4.69, 9.17) is 4.74 Å². The van der Waals surface area contributed by atoms with Crippen LogP contribution in [0.4, 0.5) is 4.79 Å². The van der Waals surface area contributed by atoms with Gasteiger partial charge in [0.1, 0.15) is 5.75 Å². The largest absolute Gasteiger partial charge is 0.494 e. The van der Waals surface area contributed by atoms with Gasteiger partial charge in [-0.2, -0.15) is 0 Å². The smallest absolute Gasteiger partial charge is 0.315 e. The quantitative estimate of drug-likeness (QED) is 0.691. The number of aliphatic hydroxyl groups is 1. The van der Waals surface area contributed by atoms with Gasteiger partial charge in [0.05, 0.1) is 12.7 Å². The Labute approximate surface area is 133 Å². The standard InChI is InChI=1S/C17H28N2O3/c1-5-22-15-9-7-6-8-14(15)11-18-16(21)19-12-17(3,4)10-13(2)20/h6-9,13,20H,5,10-12H2,1-4H3,(H2,18,19,21). The minimum Gasteiger partial charge on any atom is -0.494 e. The van der Waals surface area contributed by atoms with Gasteiger partial charge in [0.15, 0.2) is 0 Å². The lowest BCUT2D eigenvalue weighted by Crippen LogP contribution is -2.41. The zero-order valence-corrected chi connectivity index (χ0v) is 14.0. The van der Waals surface area contributed by atoms with Crippen molar-refractivity contribution in [3.63, 3.8) is 0 Å². The van der Waals surface area contributed by atoms with Crippen LogP contribution in [-0.2, 0) is 6.54 Å². The van der Waals surface area contributed by atoms with Crippen molar-refractivity contribution in [2.45, 2.75) is 46.8 Å². The molecular formula is C17H28N2O3. The van der Waals surface area contributed by atoms with E-state index in [0.717, 1.165) is 11.3 Å². The van der Waals surface area contributed by atoms with Gasteiger partial charge >= 0.3 is 6.03 Å². The second-order valence-electron chi connectivity index (χ2n) is 6.29. The van der Waals surface area contributed by atoms with Crippen molar-refractivity contribution >= 4 is 6.03 Å². The second kappa shape index (κ2) is 8.63. The predicted octanol–water partition coefficient (Wildman–Crippen LogP) is 2.68. The SMILES string of the molecule is CCOc1ccccc1CNC(=O)NCC(C)(C)CC(C)O. The van der Waals surface area contributed by atoms with Gasteiger partial charge in [-0.3, -0.25) is 0 Å². The van der Waals surface area contributed by atoms with Gasteiger partial charge < -0.3 is 20.5 Å². The molecule has 5 heteroatoms. The van der Waals surface area contributed by atoms with E-state index in [1.54, 1.807) is 6.92 Å². The fourth-order valence-electron chi connectivity index (χ4n) is 2.38. The number of carbonyl (C=O) groups excluding carboxylic acids is 1. The van der Waals surface area contributed by atoms with Crippen LogP contribution >= 0.6 is 0 Å². The molecule has 2 amide bonds. The highest BCUT2D eigenvalue weighted by Gasteiger charge is 2.21. The number of para-hydroxylation sites is 1. The molecule has 0 spiro atoms. The lowest BCUT2D eigenvalue weighted by molar-refractivity contribution is 0.129. The van der Waals surface area contributed by atoms with Gasteiger partial charge in [-0.25, -0.2) is 4.79 Å². The summed E-state index contributed by atoms with van der Waals surface area (Å²) in [5, 5.41) is 15.1. The number of aliphatic hydroxyl groups excluding tert-OH is 1. The Balaban J connectivity index is 2.43. The van der Waals surface area contributed by atoms with Crippen molar-refractivity contribution in [2.75, 3.05) is 13.2 Å². The average molecular weight is 308 g/mol. The molecule has 1 aromatic rings. The predicted molar refractivity (Wildman–Crippen MR) is 87.9 cm³/mol. The Kier molecular flexibility index (Phi) is 7.18. The third kappa shape index (κ3) is 6.80. The maximum Gasteiger partial charge on any atom is 0.315 e. The normalized spacial score (nSPS) is 12.6. The first-order chi connectivity index (χ1) is 10.3. The van der Waals surface area contributed by atoms with Crippen LogP contribution in [0.5, 0.6) is 5.75 Å². The number of rotatable bonds is 8. The zero-order chi connectivity index (χ0) is 16.6. The van der Waals surface area contributed by atoms with E-state index in [9.17, 15) is 9.90 Å². The molecule has 5 nitrogen and oxygen atoms in total. The summed E-state index contributed by atoms with van der Waals surface area (Å²) in [6, 6.07) is 7.44. The highest BCUT2D eigenvalue weighted by molar-refractivity contribution is 5.73. The lowest BCUT2D eigenvalue weighted by Gasteiger charge is -2.26. The summed E-state index contributed by atoms with van der Waals surface area (Å²) in [4.78, 5) is 11.9. The topological polar surface area (TPSA) is 70.6 Å². The Morgan fingerprint density at radius 3 is 2.64 bits per heavy atom. The number of hydrogen-bond acceptors (Lipinski definition) is 3. The van der Waals surface area contributed by atoms with Crippen LogP contribution in [0.3, 0.4) is 0 Å². The maximum absolute atomic E-state index is 11.9. The Morgan fingerprint density at radius 2 is 2.00 bits per heavy atom. The molecule has 0 bridgehead atoms. The Morgan fingerprint density at radius 1 is 1.32 bits per heavy atom. The summed E-state index contributed by atoms with van der Waals surface area (Å²) in [7, 11) is 0. The average Bonchev–Trinajstić information content (AvgIpc) is 2.43. The monoisotopic (exact) mass is 308 g/mol. The van der Waals surface area contributed by atoms with Gasteiger partial charge in [-0.05, 0) is 31.7 Å². The highest BCUT2D eigenvalue weighted by atomic mass is 16.5. The first-order valence-corrected chi connectivity index (χ1v) is 7.74. The molecule has 1 atom stereocenters. The summed E-state index contributed by atoms with van der Waals surface area (Å²) >= 11 is 0. The van der Waals surface area contributed by atoms with E-state index in [-0.39, 0.29) is 17.6 Å². The van der Waals surface area contributed by atoms with E-state index in [0.29, 0.717) is 26.1 Å². The molecule has 1 rings (SSSR count). The molecule has 0 aliphatic rings. The summed E-state index contributed by atoms with van der Waals surface area (Å²) in [5.41, 5.74) is 0.803. The lowest BCUT2D eigenvalue weighted by atomic mass is 9.87. The second-order valence-corrected chi connectivity index (χ2v) is 6.29.